The second kappa shape index (κ2) is 7.36. The van der Waals surface area contributed by atoms with Crippen molar-refractivity contribution < 1.29 is 17.2 Å². The average molecular weight is 416 g/mol. The Hall–Kier alpha value is -2.73. The summed E-state index contributed by atoms with van der Waals surface area (Å²) < 4.78 is 50.8. The molecule has 0 radical (unpaired) electrons. The SMILES string of the molecule is Cc1cc(C2C=CC(c3cc(F)c(S(N)(=O)=O)c(F)c3)=CC2=S)ccc1C#N. The van der Waals surface area contributed by atoms with E-state index in [0.717, 1.165) is 23.3 Å². The monoisotopic (exact) mass is 416 g/mol. The molecule has 0 heterocycles. The third-order valence-corrected chi connectivity index (χ3v) is 5.75. The molecule has 0 saturated heterocycles. The molecule has 142 valence electrons. The predicted molar refractivity (Wildman–Crippen MR) is 106 cm³/mol. The van der Waals surface area contributed by atoms with Crippen LogP contribution in [0.15, 0.2) is 53.5 Å². The van der Waals surface area contributed by atoms with Crippen LogP contribution in [0.3, 0.4) is 0 Å². The van der Waals surface area contributed by atoms with Crippen LogP contribution in [0.1, 0.15) is 28.2 Å². The molecule has 1 aliphatic rings. The Labute approximate surface area is 166 Å². The number of allylic oxidation sites excluding steroid dienone is 4. The molecule has 0 aromatic heterocycles. The van der Waals surface area contributed by atoms with Crippen molar-refractivity contribution >= 4 is 32.7 Å². The fourth-order valence-corrected chi connectivity index (χ4v) is 4.05. The third kappa shape index (κ3) is 3.78. The number of primary sulfonamides is 1. The summed E-state index contributed by atoms with van der Waals surface area (Å²) in [4.78, 5) is -0.636. The molecular formula is C20H14F2N2O2S2. The van der Waals surface area contributed by atoms with Crippen LogP contribution >= 0.6 is 12.2 Å². The van der Waals surface area contributed by atoms with Gasteiger partial charge in [0.25, 0.3) is 0 Å². The Morgan fingerprint density at radius 1 is 1.18 bits per heavy atom. The summed E-state index contributed by atoms with van der Waals surface area (Å²) >= 11 is 5.45. The van der Waals surface area contributed by atoms with Gasteiger partial charge in [0.05, 0.1) is 11.6 Å². The van der Waals surface area contributed by atoms with Gasteiger partial charge in [0.2, 0.25) is 10.0 Å². The molecule has 0 fully saturated rings. The molecular weight excluding hydrogens is 402 g/mol. The highest BCUT2D eigenvalue weighted by atomic mass is 32.2. The van der Waals surface area contributed by atoms with E-state index < -0.39 is 26.6 Å². The smallest absolute Gasteiger partial charge is 0.224 e. The van der Waals surface area contributed by atoms with Crippen molar-refractivity contribution in [1.82, 2.24) is 0 Å². The quantitative estimate of drug-likeness (QED) is 0.769. The van der Waals surface area contributed by atoms with Crippen LogP contribution in [0, 0.1) is 29.9 Å². The minimum atomic E-state index is -4.51. The van der Waals surface area contributed by atoms with E-state index in [-0.39, 0.29) is 11.5 Å². The Morgan fingerprint density at radius 3 is 2.32 bits per heavy atom. The number of nitrogens with zero attached hydrogens (tertiary/aromatic N) is 1. The zero-order valence-electron chi connectivity index (χ0n) is 14.6. The first-order valence-electron chi connectivity index (χ1n) is 8.08. The number of thiocarbonyl (C=S) groups is 1. The summed E-state index contributed by atoms with van der Waals surface area (Å²) in [6, 6.07) is 9.33. The molecule has 0 aliphatic heterocycles. The van der Waals surface area contributed by atoms with E-state index in [0.29, 0.717) is 16.0 Å². The zero-order valence-corrected chi connectivity index (χ0v) is 16.2. The van der Waals surface area contributed by atoms with Gasteiger partial charge >= 0.3 is 0 Å². The van der Waals surface area contributed by atoms with Crippen LogP contribution in [0.2, 0.25) is 0 Å². The average Bonchev–Trinajstić information content (AvgIpc) is 2.59. The second-order valence-corrected chi connectivity index (χ2v) is 8.31. The molecule has 3 rings (SSSR count). The van der Waals surface area contributed by atoms with Gasteiger partial charge in [-0.05, 0) is 53.5 Å². The van der Waals surface area contributed by atoms with Gasteiger partial charge < -0.3 is 0 Å². The molecule has 1 unspecified atom stereocenters. The minimum absolute atomic E-state index is 0.149. The summed E-state index contributed by atoms with van der Waals surface area (Å²) in [5.74, 6) is -2.74. The second-order valence-electron chi connectivity index (χ2n) is 6.34. The van der Waals surface area contributed by atoms with Gasteiger partial charge in [-0.2, -0.15) is 5.26 Å². The van der Waals surface area contributed by atoms with Crippen LogP contribution < -0.4 is 5.14 Å². The summed E-state index contributed by atoms with van der Waals surface area (Å²) in [6.45, 7) is 1.83. The first-order valence-corrected chi connectivity index (χ1v) is 10.0. The van der Waals surface area contributed by atoms with Crippen molar-refractivity contribution in [2.75, 3.05) is 0 Å². The number of aryl methyl sites for hydroxylation is 1. The summed E-state index contributed by atoms with van der Waals surface area (Å²) in [6.07, 6.45) is 5.07. The Balaban J connectivity index is 1.95. The molecule has 2 aromatic rings. The fraction of sp³-hybridized carbons (Fsp3) is 0.100. The Morgan fingerprint density at radius 2 is 1.82 bits per heavy atom. The van der Waals surface area contributed by atoms with Crippen molar-refractivity contribution in [1.29, 1.82) is 5.26 Å². The normalized spacial score (nSPS) is 16.6. The molecule has 0 saturated carbocycles. The number of halogens is 2. The maximum Gasteiger partial charge on any atom is 0.243 e. The van der Waals surface area contributed by atoms with Gasteiger partial charge in [0.15, 0.2) is 4.90 Å². The molecule has 28 heavy (non-hydrogen) atoms. The maximum absolute atomic E-state index is 14.1. The van der Waals surface area contributed by atoms with E-state index in [2.05, 4.69) is 6.07 Å². The highest BCUT2D eigenvalue weighted by Crippen LogP contribution is 2.32. The van der Waals surface area contributed by atoms with Gasteiger partial charge in [-0.1, -0.05) is 36.5 Å². The highest BCUT2D eigenvalue weighted by Gasteiger charge is 2.23. The van der Waals surface area contributed by atoms with Gasteiger partial charge in [-0.3, -0.25) is 0 Å². The molecule has 4 nitrogen and oxygen atoms in total. The number of benzene rings is 2. The van der Waals surface area contributed by atoms with E-state index in [1.807, 2.05) is 19.1 Å². The number of rotatable bonds is 3. The van der Waals surface area contributed by atoms with Crippen molar-refractivity contribution in [3.8, 4) is 6.07 Å². The number of hydrogen-bond donors (Lipinski definition) is 1. The van der Waals surface area contributed by atoms with Crippen LogP contribution in [0.5, 0.6) is 0 Å². The highest BCUT2D eigenvalue weighted by molar-refractivity contribution is 7.89. The van der Waals surface area contributed by atoms with Crippen LogP contribution in [-0.2, 0) is 10.0 Å². The molecule has 0 spiro atoms. The lowest BCUT2D eigenvalue weighted by Crippen LogP contribution is -2.16. The Bertz CT molecular complexity index is 1190. The number of nitrogens with two attached hydrogens (primary N) is 1. The standard InChI is InChI=1S/C20H14F2N2O2S2/c1-11-6-13(2-3-14(11)10-23)16-5-4-12(9-19(16)27)15-7-17(21)20(18(22)8-15)28(24,25)26/h2-9,16H,1H3,(H2,24,25,26). The lowest BCUT2D eigenvalue weighted by atomic mass is 9.87. The Kier molecular flexibility index (Phi) is 5.26. The lowest BCUT2D eigenvalue weighted by Gasteiger charge is -2.19. The van der Waals surface area contributed by atoms with E-state index in [1.165, 1.54) is 0 Å². The summed E-state index contributed by atoms with van der Waals surface area (Å²) in [5, 5.41) is 13.9. The lowest BCUT2D eigenvalue weighted by molar-refractivity contribution is 0.519. The number of nitriles is 1. The van der Waals surface area contributed by atoms with Crippen molar-refractivity contribution in [3.63, 3.8) is 0 Å². The molecule has 1 aliphatic carbocycles. The van der Waals surface area contributed by atoms with E-state index in [4.69, 9.17) is 22.6 Å². The molecule has 0 amide bonds. The molecule has 2 aromatic carbocycles. The van der Waals surface area contributed by atoms with Gasteiger partial charge in [-0.15, -0.1) is 0 Å². The van der Waals surface area contributed by atoms with Crippen molar-refractivity contribution in [3.05, 3.63) is 82.4 Å². The molecule has 2 N–H and O–H groups in total. The minimum Gasteiger partial charge on any atom is -0.224 e. The first-order chi connectivity index (χ1) is 13.1. The number of sulfonamides is 1. The zero-order chi connectivity index (χ0) is 20.6. The van der Waals surface area contributed by atoms with Gasteiger partial charge in [-0.25, -0.2) is 22.3 Å². The van der Waals surface area contributed by atoms with Gasteiger partial charge in [0.1, 0.15) is 11.6 Å². The topological polar surface area (TPSA) is 84.0 Å². The van der Waals surface area contributed by atoms with Crippen LogP contribution in [0.4, 0.5) is 8.78 Å². The number of hydrogen-bond acceptors (Lipinski definition) is 4. The largest absolute Gasteiger partial charge is 0.243 e. The maximum atomic E-state index is 14.1. The van der Waals surface area contributed by atoms with Crippen LogP contribution in [0.25, 0.3) is 5.57 Å². The van der Waals surface area contributed by atoms with E-state index in [1.54, 1.807) is 24.3 Å². The molecule has 8 heteroatoms. The third-order valence-electron chi connectivity index (χ3n) is 4.42. The van der Waals surface area contributed by atoms with E-state index >= 15 is 0 Å². The fourth-order valence-electron chi connectivity index (χ4n) is 3.04. The van der Waals surface area contributed by atoms with Gasteiger partial charge in [0, 0.05) is 10.8 Å². The molecule has 0 bridgehead atoms. The van der Waals surface area contributed by atoms with E-state index in [9.17, 15) is 17.2 Å². The summed E-state index contributed by atoms with van der Waals surface area (Å²) in [5.41, 5.74) is 2.90. The molecule has 1 atom stereocenters. The predicted octanol–water partition coefficient (Wildman–Crippen LogP) is 3.90. The van der Waals surface area contributed by atoms with Crippen molar-refractivity contribution in [2.24, 2.45) is 5.14 Å². The van der Waals surface area contributed by atoms with Crippen molar-refractivity contribution in [2.45, 2.75) is 17.7 Å². The van der Waals surface area contributed by atoms with Crippen LogP contribution in [-0.4, -0.2) is 13.3 Å². The first kappa shape index (κ1) is 20.0. The summed E-state index contributed by atoms with van der Waals surface area (Å²) in [7, 11) is -4.51.